The van der Waals surface area contributed by atoms with Gasteiger partial charge in [0.2, 0.25) is 0 Å². The number of hydrogen-bond acceptors (Lipinski definition) is 5. The number of ketones is 1. The second kappa shape index (κ2) is 10.5. The number of carbonyl (C=O) groups excluding carboxylic acids is 2. The first-order chi connectivity index (χ1) is 17.6. The number of carbonyl (C=O) groups is 2. The minimum atomic E-state index is -0.490. The zero-order valence-corrected chi connectivity index (χ0v) is 20.8. The predicted octanol–water partition coefficient (Wildman–Crippen LogP) is 5.78. The number of rotatable bonds is 7. The Morgan fingerprint density at radius 3 is 2.50 bits per heavy atom. The largest absolute Gasteiger partial charge is 0.460 e. The second-order valence-corrected chi connectivity index (χ2v) is 9.33. The van der Waals surface area contributed by atoms with E-state index in [9.17, 15) is 9.59 Å². The van der Waals surface area contributed by atoms with E-state index in [1.807, 2.05) is 56.3 Å². The maximum atomic E-state index is 13.8. The maximum absolute atomic E-state index is 13.8. The summed E-state index contributed by atoms with van der Waals surface area (Å²) >= 11 is 0. The number of benzene rings is 3. The van der Waals surface area contributed by atoms with Gasteiger partial charge in [-0.15, -0.1) is 0 Å². The molecule has 0 bridgehead atoms. The standard InChI is InChI=1S/C31H31NO4/c1-3-35-16-17-36-31(34)28-20(2)32-26-18-23(21-10-5-4-6-11-21)19-27(33)30(26)29(28)25-15-9-13-22-12-7-8-14-24(22)25/h4-15,23,29,32H,3,16-19H2,1-2H3/t23-,29+/m1/s1. The fourth-order valence-electron chi connectivity index (χ4n) is 5.50. The smallest absolute Gasteiger partial charge is 0.336 e. The van der Waals surface area contributed by atoms with Gasteiger partial charge in [-0.05, 0) is 48.1 Å². The molecule has 0 unspecified atom stereocenters. The minimum Gasteiger partial charge on any atom is -0.460 e. The molecular formula is C31H31NO4. The summed E-state index contributed by atoms with van der Waals surface area (Å²) in [6, 6.07) is 24.4. The molecule has 0 spiro atoms. The summed E-state index contributed by atoms with van der Waals surface area (Å²) in [5, 5.41) is 5.54. The first-order valence-corrected chi connectivity index (χ1v) is 12.6. The monoisotopic (exact) mass is 481 g/mol. The lowest BCUT2D eigenvalue weighted by Gasteiger charge is -2.37. The maximum Gasteiger partial charge on any atom is 0.336 e. The van der Waals surface area contributed by atoms with Crippen LogP contribution in [0.3, 0.4) is 0 Å². The number of Topliss-reactive ketones (excluding diaryl/α,β-unsaturated/α-hetero) is 1. The average molecular weight is 482 g/mol. The normalized spacial score (nSPS) is 19.8. The molecule has 0 saturated carbocycles. The van der Waals surface area contributed by atoms with Crippen LogP contribution in [0.25, 0.3) is 10.8 Å². The molecular weight excluding hydrogens is 450 g/mol. The molecule has 5 nitrogen and oxygen atoms in total. The highest BCUT2D eigenvalue weighted by atomic mass is 16.6. The van der Waals surface area contributed by atoms with E-state index in [1.165, 1.54) is 0 Å². The van der Waals surface area contributed by atoms with Gasteiger partial charge in [-0.3, -0.25) is 4.79 Å². The Morgan fingerprint density at radius 1 is 0.944 bits per heavy atom. The highest BCUT2D eigenvalue weighted by molar-refractivity contribution is 6.05. The van der Waals surface area contributed by atoms with Gasteiger partial charge in [-0.2, -0.15) is 0 Å². The van der Waals surface area contributed by atoms with Crippen molar-refractivity contribution in [2.24, 2.45) is 0 Å². The first-order valence-electron chi connectivity index (χ1n) is 12.6. The van der Waals surface area contributed by atoms with Crippen LogP contribution in [0.2, 0.25) is 0 Å². The zero-order valence-electron chi connectivity index (χ0n) is 20.8. The third-order valence-corrected chi connectivity index (χ3v) is 7.12. The Labute approximate surface area is 211 Å². The molecule has 36 heavy (non-hydrogen) atoms. The van der Waals surface area contributed by atoms with Crippen LogP contribution in [0.15, 0.2) is 95.3 Å². The quantitative estimate of drug-likeness (QED) is 0.342. The molecule has 2 aliphatic rings. The van der Waals surface area contributed by atoms with Crippen LogP contribution in [-0.4, -0.2) is 31.6 Å². The molecule has 3 aromatic rings. The summed E-state index contributed by atoms with van der Waals surface area (Å²) in [4.78, 5) is 27.3. The number of nitrogens with one attached hydrogen (secondary N) is 1. The molecule has 1 aliphatic carbocycles. The van der Waals surface area contributed by atoms with Gasteiger partial charge in [0, 0.05) is 35.9 Å². The number of allylic oxidation sites excluding steroid dienone is 3. The van der Waals surface area contributed by atoms with E-state index < -0.39 is 11.9 Å². The highest BCUT2D eigenvalue weighted by Crippen LogP contribution is 2.47. The van der Waals surface area contributed by atoms with Gasteiger partial charge in [0.1, 0.15) is 6.61 Å². The van der Waals surface area contributed by atoms with Crippen LogP contribution in [0.4, 0.5) is 0 Å². The molecule has 5 heteroatoms. The summed E-state index contributed by atoms with van der Waals surface area (Å²) in [7, 11) is 0. The number of dihydropyridines is 1. The number of fused-ring (bicyclic) bond motifs is 1. The molecule has 5 rings (SSSR count). The van der Waals surface area contributed by atoms with Crippen LogP contribution < -0.4 is 5.32 Å². The summed E-state index contributed by atoms with van der Waals surface area (Å²) < 4.78 is 11.0. The van der Waals surface area contributed by atoms with Crippen molar-refractivity contribution < 1.29 is 19.1 Å². The Balaban J connectivity index is 1.60. The molecule has 0 aromatic heterocycles. The van der Waals surface area contributed by atoms with Gasteiger partial charge < -0.3 is 14.8 Å². The van der Waals surface area contributed by atoms with Gasteiger partial charge in [0.15, 0.2) is 5.78 Å². The van der Waals surface area contributed by atoms with Crippen molar-refractivity contribution in [3.05, 3.63) is 106 Å². The Morgan fingerprint density at radius 2 is 1.69 bits per heavy atom. The summed E-state index contributed by atoms with van der Waals surface area (Å²) in [6.07, 6.45) is 1.13. The van der Waals surface area contributed by atoms with E-state index in [4.69, 9.17) is 9.47 Å². The van der Waals surface area contributed by atoms with Crippen LogP contribution in [0.5, 0.6) is 0 Å². The number of hydrogen-bond donors (Lipinski definition) is 1. The zero-order chi connectivity index (χ0) is 25.1. The van der Waals surface area contributed by atoms with Crippen molar-refractivity contribution in [2.75, 3.05) is 19.8 Å². The van der Waals surface area contributed by atoms with E-state index in [0.717, 1.165) is 39.7 Å². The molecule has 3 aromatic carbocycles. The lowest BCUT2D eigenvalue weighted by molar-refractivity contribution is -0.140. The first kappa shape index (κ1) is 24.0. The summed E-state index contributed by atoms with van der Waals surface area (Å²) in [5.41, 5.74) is 4.92. The lowest BCUT2D eigenvalue weighted by atomic mass is 9.71. The molecule has 0 fully saturated rings. The van der Waals surface area contributed by atoms with Gasteiger partial charge in [0.05, 0.1) is 12.2 Å². The van der Waals surface area contributed by atoms with E-state index in [0.29, 0.717) is 30.8 Å². The van der Waals surface area contributed by atoms with Crippen LogP contribution in [0, 0.1) is 0 Å². The van der Waals surface area contributed by atoms with E-state index >= 15 is 0 Å². The third kappa shape index (κ3) is 4.59. The van der Waals surface area contributed by atoms with Crippen LogP contribution in [-0.2, 0) is 19.1 Å². The SMILES string of the molecule is CCOCCOC(=O)C1=C(C)NC2=C(C(=O)C[C@H](c3ccccc3)C2)[C@H]1c1cccc2ccccc12. The van der Waals surface area contributed by atoms with E-state index in [1.54, 1.807) is 0 Å². The Bertz CT molecular complexity index is 1350. The number of esters is 1. The molecule has 1 N–H and O–H groups in total. The van der Waals surface area contributed by atoms with Crippen molar-refractivity contribution in [1.82, 2.24) is 5.32 Å². The Kier molecular flexibility index (Phi) is 7.01. The molecule has 184 valence electrons. The van der Waals surface area contributed by atoms with Crippen molar-refractivity contribution in [1.29, 1.82) is 0 Å². The third-order valence-electron chi connectivity index (χ3n) is 7.12. The highest BCUT2D eigenvalue weighted by Gasteiger charge is 2.41. The van der Waals surface area contributed by atoms with Gasteiger partial charge in [0.25, 0.3) is 0 Å². The predicted molar refractivity (Wildman–Crippen MR) is 140 cm³/mol. The topological polar surface area (TPSA) is 64.6 Å². The van der Waals surface area contributed by atoms with Gasteiger partial charge >= 0.3 is 5.97 Å². The fourth-order valence-corrected chi connectivity index (χ4v) is 5.50. The van der Waals surface area contributed by atoms with Crippen molar-refractivity contribution >= 4 is 22.5 Å². The van der Waals surface area contributed by atoms with E-state index in [-0.39, 0.29) is 18.3 Å². The van der Waals surface area contributed by atoms with Crippen molar-refractivity contribution in [2.45, 2.75) is 38.5 Å². The number of ether oxygens (including phenoxy) is 2. The van der Waals surface area contributed by atoms with Crippen LogP contribution >= 0.6 is 0 Å². The second-order valence-electron chi connectivity index (χ2n) is 9.33. The van der Waals surface area contributed by atoms with Gasteiger partial charge in [-0.25, -0.2) is 4.79 Å². The molecule has 2 atom stereocenters. The van der Waals surface area contributed by atoms with Gasteiger partial charge in [-0.1, -0.05) is 72.8 Å². The lowest BCUT2D eigenvalue weighted by Crippen LogP contribution is -2.36. The van der Waals surface area contributed by atoms with E-state index in [2.05, 4.69) is 35.6 Å². The summed E-state index contributed by atoms with van der Waals surface area (Å²) in [5.74, 6) is -0.730. The summed E-state index contributed by atoms with van der Waals surface area (Å²) in [6.45, 7) is 4.88. The molecule has 0 radical (unpaired) electrons. The molecule has 1 aliphatic heterocycles. The molecule has 0 saturated heterocycles. The fraction of sp³-hybridized carbons (Fsp3) is 0.290. The van der Waals surface area contributed by atoms with Crippen molar-refractivity contribution in [3.63, 3.8) is 0 Å². The van der Waals surface area contributed by atoms with Crippen molar-refractivity contribution in [3.8, 4) is 0 Å². The molecule has 0 amide bonds. The Hall–Kier alpha value is -3.70. The molecule has 1 heterocycles. The average Bonchev–Trinajstić information content (AvgIpc) is 2.90. The minimum absolute atomic E-state index is 0.0719. The van der Waals surface area contributed by atoms with Crippen LogP contribution in [0.1, 0.15) is 49.7 Å².